The predicted molar refractivity (Wildman–Crippen MR) is 130 cm³/mol. The summed E-state index contributed by atoms with van der Waals surface area (Å²) in [7, 11) is -3.92. The number of amides is 1. The molecule has 4 rings (SSSR count). The lowest BCUT2D eigenvalue weighted by Gasteiger charge is -2.43. The van der Waals surface area contributed by atoms with Crippen molar-refractivity contribution in [3.8, 4) is 11.5 Å². The van der Waals surface area contributed by atoms with Gasteiger partial charge >= 0.3 is 0 Å². The molecule has 7 nitrogen and oxygen atoms in total. The van der Waals surface area contributed by atoms with Crippen molar-refractivity contribution < 1.29 is 22.7 Å². The number of benzene rings is 2. The van der Waals surface area contributed by atoms with Gasteiger partial charge in [-0.25, -0.2) is 8.42 Å². The predicted octanol–water partition coefficient (Wildman–Crippen LogP) is 3.10. The molecule has 2 aliphatic rings. The van der Waals surface area contributed by atoms with E-state index in [-0.39, 0.29) is 16.2 Å². The normalized spacial score (nSPS) is 17.6. The Hall–Kier alpha value is -2.23. The van der Waals surface area contributed by atoms with Crippen molar-refractivity contribution in [2.45, 2.75) is 42.0 Å². The van der Waals surface area contributed by atoms with E-state index >= 15 is 0 Å². The molecule has 2 aromatic carbocycles. The van der Waals surface area contributed by atoms with Crippen LogP contribution < -0.4 is 19.5 Å². The summed E-state index contributed by atoms with van der Waals surface area (Å²) in [4.78, 5) is 13.2. The van der Waals surface area contributed by atoms with E-state index in [0.29, 0.717) is 43.4 Å². The molecular weight excluding hydrogens is 460 g/mol. The van der Waals surface area contributed by atoms with Crippen LogP contribution >= 0.6 is 11.8 Å². The molecule has 1 fully saturated rings. The summed E-state index contributed by atoms with van der Waals surface area (Å²) < 4.78 is 39.8. The van der Waals surface area contributed by atoms with Gasteiger partial charge in [-0.3, -0.25) is 4.79 Å². The minimum Gasteiger partial charge on any atom is -0.486 e. The first kappa shape index (κ1) is 23.9. The zero-order valence-electron chi connectivity index (χ0n) is 18.7. The smallest absolute Gasteiger partial charge is 0.241 e. The standard InChI is InChI=1S/C24H30N2O5S2/c1-32-15-10-20(23(27)25-17-24(11-5-12-24)18-6-3-2-4-7-18)26-33(28,29)19-8-9-21-22(16-19)31-14-13-30-21/h2-4,6-9,16,20,26H,5,10-15,17H2,1H3,(H,25,27)/t20-/m0/s1. The molecule has 2 aromatic rings. The first-order valence-corrected chi connectivity index (χ1v) is 14.1. The van der Waals surface area contributed by atoms with Gasteiger partial charge in [-0.05, 0) is 49.0 Å². The van der Waals surface area contributed by atoms with Crippen molar-refractivity contribution in [2.24, 2.45) is 0 Å². The Balaban J connectivity index is 1.46. The van der Waals surface area contributed by atoms with E-state index in [1.165, 1.54) is 17.7 Å². The second-order valence-electron chi connectivity index (χ2n) is 8.48. The highest BCUT2D eigenvalue weighted by molar-refractivity contribution is 7.98. The van der Waals surface area contributed by atoms with Crippen LogP contribution in [0.25, 0.3) is 0 Å². The largest absolute Gasteiger partial charge is 0.486 e. The Morgan fingerprint density at radius 2 is 1.82 bits per heavy atom. The van der Waals surface area contributed by atoms with E-state index in [1.54, 1.807) is 17.8 Å². The Bertz CT molecular complexity index is 1070. The van der Waals surface area contributed by atoms with Crippen LogP contribution in [0.1, 0.15) is 31.2 Å². The molecule has 2 N–H and O–H groups in total. The number of thioether (sulfide) groups is 1. The maximum absolute atomic E-state index is 13.1. The minimum atomic E-state index is -3.92. The van der Waals surface area contributed by atoms with Gasteiger partial charge in [0.15, 0.2) is 11.5 Å². The van der Waals surface area contributed by atoms with Gasteiger partial charge in [0.25, 0.3) is 0 Å². The number of carbonyl (C=O) groups excluding carboxylic acids is 1. The zero-order chi connectivity index (χ0) is 23.3. The lowest BCUT2D eigenvalue weighted by molar-refractivity contribution is -0.123. The van der Waals surface area contributed by atoms with E-state index < -0.39 is 16.1 Å². The lowest BCUT2D eigenvalue weighted by atomic mass is 9.64. The number of fused-ring (bicyclic) bond motifs is 1. The summed E-state index contributed by atoms with van der Waals surface area (Å²) in [5.74, 6) is 1.27. The summed E-state index contributed by atoms with van der Waals surface area (Å²) in [6.07, 6.45) is 5.47. The molecule has 1 saturated carbocycles. The lowest BCUT2D eigenvalue weighted by Crippen LogP contribution is -2.52. The topological polar surface area (TPSA) is 93.7 Å². The number of sulfonamides is 1. The van der Waals surface area contributed by atoms with Crippen LogP contribution in [0.2, 0.25) is 0 Å². The summed E-state index contributed by atoms with van der Waals surface area (Å²) in [5, 5.41) is 3.04. The zero-order valence-corrected chi connectivity index (χ0v) is 20.3. The Labute approximate surface area is 199 Å². The first-order valence-electron chi connectivity index (χ1n) is 11.2. The number of hydrogen-bond donors (Lipinski definition) is 2. The number of hydrogen-bond acceptors (Lipinski definition) is 6. The molecule has 178 valence electrons. The molecule has 1 atom stereocenters. The minimum absolute atomic E-state index is 0.0495. The Morgan fingerprint density at radius 1 is 1.09 bits per heavy atom. The van der Waals surface area contributed by atoms with Gasteiger partial charge in [-0.2, -0.15) is 16.5 Å². The fourth-order valence-electron chi connectivity index (χ4n) is 4.27. The van der Waals surface area contributed by atoms with E-state index in [2.05, 4.69) is 22.2 Å². The number of nitrogens with one attached hydrogen (secondary N) is 2. The monoisotopic (exact) mass is 490 g/mol. The molecular formula is C24H30N2O5S2. The van der Waals surface area contributed by atoms with Crippen molar-refractivity contribution in [3.63, 3.8) is 0 Å². The molecule has 1 aliphatic heterocycles. The summed E-state index contributed by atoms with van der Waals surface area (Å²) in [6.45, 7) is 1.29. The van der Waals surface area contributed by atoms with Crippen molar-refractivity contribution >= 4 is 27.7 Å². The maximum Gasteiger partial charge on any atom is 0.241 e. The van der Waals surface area contributed by atoms with Crippen molar-refractivity contribution in [2.75, 3.05) is 31.8 Å². The van der Waals surface area contributed by atoms with Gasteiger partial charge < -0.3 is 14.8 Å². The summed E-state index contributed by atoms with van der Waals surface area (Å²) >= 11 is 1.57. The molecule has 0 spiro atoms. The second kappa shape index (κ2) is 10.4. The molecule has 0 bridgehead atoms. The molecule has 9 heteroatoms. The highest BCUT2D eigenvalue weighted by Crippen LogP contribution is 2.43. The third-order valence-corrected chi connectivity index (χ3v) is 8.46. The van der Waals surface area contributed by atoms with Crippen LogP contribution in [-0.2, 0) is 20.2 Å². The summed E-state index contributed by atoms with van der Waals surface area (Å²) in [5.41, 5.74) is 1.14. The van der Waals surface area contributed by atoms with Gasteiger partial charge in [0.1, 0.15) is 19.3 Å². The second-order valence-corrected chi connectivity index (χ2v) is 11.2. The van der Waals surface area contributed by atoms with Crippen LogP contribution in [0.4, 0.5) is 0 Å². The van der Waals surface area contributed by atoms with Crippen LogP contribution in [-0.4, -0.2) is 52.1 Å². The number of carbonyl (C=O) groups is 1. The number of ether oxygens (including phenoxy) is 2. The van der Waals surface area contributed by atoms with E-state index in [9.17, 15) is 13.2 Å². The Kier molecular flexibility index (Phi) is 7.51. The van der Waals surface area contributed by atoms with Crippen LogP contribution in [0.15, 0.2) is 53.4 Å². The molecule has 1 heterocycles. The molecule has 0 radical (unpaired) electrons. The average molecular weight is 491 g/mol. The fourth-order valence-corrected chi connectivity index (χ4v) is 5.98. The molecule has 0 aromatic heterocycles. The van der Waals surface area contributed by atoms with Gasteiger partial charge in [0.05, 0.1) is 4.90 Å². The third-order valence-electron chi connectivity index (χ3n) is 6.35. The van der Waals surface area contributed by atoms with E-state index in [0.717, 1.165) is 19.3 Å². The SMILES string of the molecule is CSCC[C@H](NS(=O)(=O)c1ccc2c(c1)OCCO2)C(=O)NCC1(c2ccccc2)CCC1. The molecule has 0 unspecified atom stereocenters. The summed E-state index contributed by atoms with van der Waals surface area (Å²) in [6, 6.07) is 13.8. The quantitative estimate of drug-likeness (QED) is 0.532. The fraction of sp³-hybridized carbons (Fsp3) is 0.458. The van der Waals surface area contributed by atoms with Crippen molar-refractivity contribution in [1.29, 1.82) is 0 Å². The van der Waals surface area contributed by atoms with E-state index in [1.807, 2.05) is 24.5 Å². The molecule has 0 saturated heterocycles. The van der Waals surface area contributed by atoms with Crippen molar-refractivity contribution in [3.05, 3.63) is 54.1 Å². The van der Waals surface area contributed by atoms with Crippen LogP contribution in [0.5, 0.6) is 11.5 Å². The van der Waals surface area contributed by atoms with Crippen LogP contribution in [0, 0.1) is 0 Å². The highest BCUT2D eigenvalue weighted by atomic mass is 32.2. The third kappa shape index (κ3) is 5.47. The average Bonchev–Trinajstić information content (AvgIpc) is 2.81. The van der Waals surface area contributed by atoms with Crippen LogP contribution in [0.3, 0.4) is 0 Å². The van der Waals surface area contributed by atoms with Crippen molar-refractivity contribution in [1.82, 2.24) is 10.0 Å². The highest BCUT2D eigenvalue weighted by Gasteiger charge is 2.39. The maximum atomic E-state index is 13.1. The Morgan fingerprint density at radius 3 is 2.48 bits per heavy atom. The molecule has 33 heavy (non-hydrogen) atoms. The number of rotatable bonds is 10. The van der Waals surface area contributed by atoms with Gasteiger partial charge in [0, 0.05) is 18.0 Å². The van der Waals surface area contributed by atoms with E-state index in [4.69, 9.17) is 9.47 Å². The van der Waals surface area contributed by atoms with Gasteiger partial charge in [-0.15, -0.1) is 0 Å². The van der Waals surface area contributed by atoms with Gasteiger partial charge in [0.2, 0.25) is 15.9 Å². The molecule has 1 aliphatic carbocycles. The van der Waals surface area contributed by atoms with Gasteiger partial charge in [-0.1, -0.05) is 36.8 Å². The molecule has 1 amide bonds. The first-order chi connectivity index (χ1) is 15.9.